The van der Waals surface area contributed by atoms with Crippen molar-refractivity contribution in [3.63, 3.8) is 0 Å². The fraction of sp³-hybridized carbons (Fsp3) is 0.533. The van der Waals surface area contributed by atoms with Gasteiger partial charge in [0, 0.05) is 13.1 Å². The summed E-state index contributed by atoms with van der Waals surface area (Å²) in [6.45, 7) is 11.1. The maximum Gasteiger partial charge on any atom is 0.230 e. The topological polar surface area (TPSA) is 82.4 Å². The first kappa shape index (κ1) is 16.4. The van der Waals surface area contributed by atoms with Crippen LogP contribution < -0.4 is 5.73 Å². The van der Waals surface area contributed by atoms with E-state index in [-0.39, 0.29) is 5.82 Å². The highest BCUT2D eigenvalue weighted by Gasteiger charge is 2.30. The number of H-pyrrole nitrogens is 1. The van der Waals surface area contributed by atoms with Gasteiger partial charge in [-0.15, -0.1) is 0 Å². The Morgan fingerprint density at radius 2 is 2.09 bits per heavy atom. The molecule has 0 bridgehead atoms. The number of aromatic nitrogens is 1. The minimum Gasteiger partial charge on any atom is -0.394 e. The average Bonchev–Trinajstić information content (AvgIpc) is 3.32. The first-order valence-electron chi connectivity index (χ1n) is 7.18. The van der Waals surface area contributed by atoms with Crippen LogP contribution in [0, 0.1) is 22.5 Å². The van der Waals surface area contributed by atoms with Gasteiger partial charge >= 0.3 is 0 Å². The Labute approximate surface area is 135 Å². The van der Waals surface area contributed by atoms with Crippen LogP contribution >= 0.6 is 12.2 Å². The molecular formula is C15H19N5OS. The molecule has 0 amide bonds. The number of aromatic amines is 1. The van der Waals surface area contributed by atoms with Gasteiger partial charge < -0.3 is 20.4 Å². The number of hydrogen-bond acceptors (Lipinski definition) is 5. The quantitative estimate of drug-likeness (QED) is 0.614. The van der Waals surface area contributed by atoms with E-state index < -0.39 is 0 Å². The molecule has 3 rings (SSSR count). The van der Waals surface area contributed by atoms with Crippen LogP contribution in [-0.4, -0.2) is 43.2 Å². The lowest BCUT2D eigenvalue weighted by atomic mass is 10.0. The van der Waals surface area contributed by atoms with Crippen molar-refractivity contribution in [3.8, 4) is 6.07 Å². The molecule has 1 aromatic heterocycles. The van der Waals surface area contributed by atoms with Crippen LogP contribution in [0.3, 0.4) is 0 Å². The van der Waals surface area contributed by atoms with Crippen LogP contribution in [0.15, 0.2) is 0 Å². The summed E-state index contributed by atoms with van der Waals surface area (Å²) < 4.78 is 5.44. The van der Waals surface area contributed by atoms with Crippen molar-refractivity contribution in [2.24, 2.45) is 0 Å². The Hall–Kier alpha value is -1.93. The Morgan fingerprint density at radius 1 is 1.45 bits per heavy atom. The summed E-state index contributed by atoms with van der Waals surface area (Å²) in [5.74, 6) is 0.568. The Morgan fingerprint density at radius 3 is 2.50 bits per heavy atom. The van der Waals surface area contributed by atoms with Gasteiger partial charge in [-0.1, -0.05) is 12.2 Å². The lowest BCUT2D eigenvalue weighted by Crippen LogP contribution is -2.32. The highest BCUT2D eigenvalue weighted by Crippen LogP contribution is 2.47. The Balaban J connectivity index is 0.000000211. The van der Waals surface area contributed by atoms with Crippen LogP contribution in [0.2, 0.25) is 0 Å². The van der Waals surface area contributed by atoms with Gasteiger partial charge in [0.25, 0.3) is 0 Å². The second kappa shape index (κ2) is 7.37. The van der Waals surface area contributed by atoms with Crippen molar-refractivity contribution >= 4 is 23.7 Å². The minimum absolute atomic E-state index is 0.274. The monoisotopic (exact) mass is 317 g/mol. The number of anilines is 1. The smallest absolute Gasteiger partial charge is 0.230 e. The number of nitrogens with one attached hydrogen (secondary N) is 1. The number of morpholine rings is 1. The molecule has 1 aromatic rings. The number of rotatable bonds is 1. The summed E-state index contributed by atoms with van der Waals surface area (Å²) in [7, 11) is 2.11. The molecule has 2 aliphatic rings. The number of nitrogens with zero attached hydrogens (tertiary/aromatic N) is 3. The molecule has 0 radical (unpaired) electrons. The lowest BCUT2D eigenvalue weighted by Gasteiger charge is -2.21. The normalized spacial score (nSPS) is 17.8. The van der Waals surface area contributed by atoms with Crippen molar-refractivity contribution in [1.82, 2.24) is 9.88 Å². The predicted molar refractivity (Wildman–Crippen MR) is 87.3 cm³/mol. The molecule has 1 aliphatic carbocycles. The molecule has 116 valence electrons. The SMILES string of the molecule is CN1CCOCC1.[C-]#[N+]c1c(N)[nH]c(=S)c(C#N)c1C1CC1. The summed E-state index contributed by atoms with van der Waals surface area (Å²) in [4.78, 5) is 8.33. The van der Waals surface area contributed by atoms with Crippen molar-refractivity contribution in [2.75, 3.05) is 39.1 Å². The average molecular weight is 317 g/mol. The zero-order chi connectivity index (χ0) is 16.1. The molecule has 0 atom stereocenters. The molecule has 1 saturated carbocycles. The van der Waals surface area contributed by atoms with Crippen molar-refractivity contribution in [2.45, 2.75) is 18.8 Å². The van der Waals surface area contributed by atoms with E-state index in [9.17, 15) is 0 Å². The number of nitrogen functional groups attached to an aromatic ring is 1. The first-order chi connectivity index (χ1) is 10.6. The fourth-order valence-electron chi connectivity index (χ4n) is 2.29. The summed E-state index contributed by atoms with van der Waals surface area (Å²) in [6.07, 6.45) is 2.02. The predicted octanol–water partition coefficient (Wildman–Crippen LogP) is 2.57. The number of nitriles is 1. The second-order valence-corrected chi connectivity index (χ2v) is 5.83. The van der Waals surface area contributed by atoms with Crippen LogP contribution in [0.4, 0.5) is 11.5 Å². The van der Waals surface area contributed by atoms with Gasteiger partial charge in [0.2, 0.25) is 5.69 Å². The van der Waals surface area contributed by atoms with Gasteiger partial charge in [-0.2, -0.15) is 5.26 Å². The molecule has 0 unspecified atom stereocenters. The molecule has 6 nitrogen and oxygen atoms in total. The van der Waals surface area contributed by atoms with Crippen LogP contribution in [0.5, 0.6) is 0 Å². The zero-order valence-electron chi connectivity index (χ0n) is 12.6. The maximum absolute atomic E-state index is 9.01. The highest BCUT2D eigenvalue weighted by atomic mass is 32.1. The van der Waals surface area contributed by atoms with Gasteiger partial charge in [0.05, 0.1) is 25.3 Å². The Kier molecular flexibility index (Phi) is 5.51. The third-order valence-corrected chi connectivity index (χ3v) is 4.00. The first-order valence-corrected chi connectivity index (χ1v) is 7.58. The Bertz CT molecular complexity index is 675. The summed E-state index contributed by atoms with van der Waals surface area (Å²) in [6, 6.07) is 2.05. The van der Waals surface area contributed by atoms with E-state index in [0.717, 1.165) is 44.7 Å². The van der Waals surface area contributed by atoms with E-state index in [1.807, 2.05) is 0 Å². The summed E-state index contributed by atoms with van der Waals surface area (Å²) in [5, 5.41) is 9.01. The van der Waals surface area contributed by atoms with Gasteiger partial charge in [-0.25, -0.2) is 4.85 Å². The molecule has 0 spiro atoms. The van der Waals surface area contributed by atoms with E-state index >= 15 is 0 Å². The standard InChI is InChI=1S/C10H8N4S.C5H11NO/c1-13-8-7(5-2-3-5)6(4-11)10(15)14-9(8)12;1-6-2-4-7-5-3-6/h5H,2-3H2,(H3,12,14,15);2-5H2,1H3. The largest absolute Gasteiger partial charge is 0.394 e. The maximum atomic E-state index is 9.01. The van der Waals surface area contributed by atoms with E-state index in [2.05, 4.69) is 27.8 Å². The molecule has 2 fully saturated rings. The van der Waals surface area contributed by atoms with E-state index in [4.69, 9.17) is 34.5 Å². The van der Waals surface area contributed by atoms with Crippen molar-refractivity contribution in [3.05, 3.63) is 27.2 Å². The lowest BCUT2D eigenvalue weighted by molar-refractivity contribution is 0.0503. The molecule has 2 heterocycles. The summed E-state index contributed by atoms with van der Waals surface area (Å²) >= 11 is 5.02. The third-order valence-electron chi connectivity index (χ3n) is 3.70. The molecule has 1 aliphatic heterocycles. The van der Waals surface area contributed by atoms with Crippen LogP contribution in [0.25, 0.3) is 4.85 Å². The van der Waals surface area contributed by atoms with E-state index in [1.54, 1.807) is 0 Å². The minimum atomic E-state index is 0.274. The van der Waals surface area contributed by atoms with Crippen molar-refractivity contribution < 1.29 is 4.74 Å². The van der Waals surface area contributed by atoms with E-state index in [0.29, 0.717) is 21.8 Å². The van der Waals surface area contributed by atoms with Gasteiger partial charge in [-0.3, -0.25) is 0 Å². The number of likely N-dealkylation sites (N-methyl/N-ethyl adjacent to an activating group) is 1. The highest BCUT2D eigenvalue weighted by molar-refractivity contribution is 7.71. The molecule has 1 saturated heterocycles. The number of hydrogen-bond donors (Lipinski definition) is 2. The summed E-state index contributed by atoms with van der Waals surface area (Å²) in [5.41, 5.74) is 7.19. The van der Waals surface area contributed by atoms with Gasteiger partial charge in [0.1, 0.15) is 16.5 Å². The zero-order valence-corrected chi connectivity index (χ0v) is 13.4. The van der Waals surface area contributed by atoms with Gasteiger partial charge in [-0.05, 0) is 31.4 Å². The molecule has 0 aromatic carbocycles. The van der Waals surface area contributed by atoms with Gasteiger partial charge in [0.15, 0.2) is 0 Å². The number of nitrogens with two attached hydrogens (primary N) is 1. The fourth-order valence-corrected chi connectivity index (χ4v) is 2.55. The number of pyridine rings is 1. The third kappa shape index (κ3) is 3.83. The van der Waals surface area contributed by atoms with Crippen molar-refractivity contribution in [1.29, 1.82) is 5.26 Å². The van der Waals surface area contributed by atoms with Crippen LogP contribution in [0.1, 0.15) is 29.9 Å². The van der Waals surface area contributed by atoms with Crippen LogP contribution in [-0.2, 0) is 4.74 Å². The molecular weight excluding hydrogens is 298 g/mol. The van der Waals surface area contributed by atoms with E-state index in [1.165, 1.54) is 0 Å². The molecule has 3 N–H and O–H groups in total. The molecule has 7 heteroatoms. The second-order valence-electron chi connectivity index (χ2n) is 5.42. The number of ether oxygens (including phenoxy) is 1. The molecule has 22 heavy (non-hydrogen) atoms.